The number of aliphatic carboxylic acids is 1. The molecule has 6 nitrogen and oxygen atoms in total. The number of nitrogens with one attached hydrogen (secondary N) is 1. The molecule has 0 fully saturated rings. The number of nitrogens with two attached hydrogens (primary N) is 1. The Balaban J connectivity index is 0.00000129. The molecule has 1 unspecified atom stereocenters. The van der Waals surface area contributed by atoms with Crippen LogP contribution in [0.4, 0.5) is 13.2 Å². The molecule has 0 saturated heterocycles. The highest BCUT2D eigenvalue weighted by atomic mass is 32.2. The van der Waals surface area contributed by atoms with Gasteiger partial charge in [0, 0.05) is 6.42 Å². The maximum Gasteiger partial charge on any atom is 0.419 e. The lowest BCUT2D eigenvalue weighted by Gasteiger charge is -2.16. The fourth-order valence-electron chi connectivity index (χ4n) is 1.63. The molecule has 142 valence electrons. The Kier molecular flexibility index (Phi) is 9.99. The van der Waals surface area contributed by atoms with Crippen LogP contribution in [-0.2, 0) is 22.2 Å². The van der Waals surface area contributed by atoms with Gasteiger partial charge >= 0.3 is 12.1 Å². The highest BCUT2D eigenvalue weighted by Crippen LogP contribution is 2.36. The van der Waals surface area contributed by atoms with E-state index in [4.69, 9.17) is 10.8 Å². The Morgan fingerprint density at radius 1 is 1.36 bits per heavy atom. The van der Waals surface area contributed by atoms with Crippen molar-refractivity contribution < 1.29 is 33.0 Å². The van der Waals surface area contributed by atoms with Gasteiger partial charge in [0.25, 0.3) is 0 Å². The van der Waals surface area contributed by atoms with Crippen LogP contribution < -0.4 is 11.1 Å². The summed E-state index contributed by atoms with van der Waals surface area (Å²) in [7, 11) is 0. The van der Waals surface area contributed by atoms with Gasteiger partial charge in [-0.3, -0.25) is 4.79 Å². The lowest BCUT2D eigenvalue weighted by Crippen LogP contribution is -2.44. The van der Waals surface area contributed by atoms with Gasteiger partial charge < -0.3 is 21.3 Å². The zero-order valence-electron chi connectivity index (χ0n) is 13.8. The molecular weight excluding hydrogens is 361 g/mol. The SMILES string of the molecule is CCSC.NCC(=O)NC(Cc1ccc(O)c(C(F)(F)F)c1)C(=O)O. The number of alkyl halides is 3. The van der Waals surface area contributed by atoms with Crippen LogP contribution in [0.3, 0.4) is 0 Å². The van der Waals surface area contributed by atoms with Crippen molar-refractivity contribution in [2.45, 2.75) is 25.6 Å². The quantitative estimate of drug-likeness (QED) is 0.597. The summed E-state index contributed by atoms with van der Waals surface area (Å²) >= 11 is 1.86. The van der Waals surface area contributed by atoms with Crippen molar-refractivity contribution in [2.75, 3.05) is 18.6 Å². The Morgan fingerprint density at radius 2 is 1.92 bits per heavy atom. The molecule has 0 spiro atoms. The van der Waals surface area contributed by atoms with Gasteiger partial charge in [-0.1, -0.05) is 13.0 Å². The second kappa shape index (κ2) is 10.8. The normalized spacial score (nSPS) is 11.9. The number of phenols is 1. The van der Waals surface area contributed by atoms with Gasteiger partial charge in [-0.05, 0) is 29.7 Å². The van der Waals surface area contributed by atoms with E-state index >= 15 is 0 Å². The maximum absolute atomic E-state index is 12.6. The minimum atomic E-state index is -4.76. The van der Waals surface area contributed by atoms with E-state index in [1.54, 1.807) is 0 Å². The van der Waals surface area contributed by atoms with Crippen LogP contribution in [-0.4, -0.2) is 46.7 Å². The first-order chi connectivity index (χ1) is 11.6. The third-order valence-corrected chi connectivity index (χ3v) is 3.49. The zero-order chi connectivity index (χ0) is 19.6. The van der Waals surface area contributed by atoms with Crippen molar-refractivity contribution >= 4 is 23.6 Å². The molecule has 0 aromatic heterocycles. The first kappa shape index (κ1) is 23.1. The van der Waals surface area contributed by atoms with Crippen molar-refractivity contribution in [2.24, 2.45) is 5.73 Å². The monoisotopic (exact) mass is 382 g/mol. The predicted molar refractivity (Wildman–Crippen MR) is 89.5 cm³/mol. The number of carbonyl (C=O) groups excluding carboxylic acids is 1. The molecule has 1 aromatic rings. The van der Waals surface area contributed by atoms with Gasteiger partial charge in [0.1, 0.15) is 11.8 Å². The summed E-state index contributed by atoms with van der Waals surface area (Å²) in [5.74, 6) is -1.86. The highest BCUT2D eigenvalue weighted by Gasteiger charge is 2.34. The predicted octanol–water partition coefficient (Wildman–Crippen LogP) is 1.85. The maximum atomic E-state index is 12.6. The van der Waals surface area contributed by atoms with Crippen LogP contribution in [0.15, 0.2) is 18.2 Å². The van der Waals surface area contributed by atoms with E-state index in [0.29, 0.717) is 6.07 Å². The third kappa shape index (κ3) is 8.64. The summed E-state index contributed by atoms with van der Waals surface area (Å²) in [6.07, 6.45) is -3.04. The lowest BCUT2D eigenvalue weighted by molar-refractivity contribution is -0.141. The summed E-state index contributed by atoms with van der Waals surface area (Å²) in [6.45, 7) is 1.71. The minimum absolute atomic E-state index is 0.00449. The molecule has 0 aliphatic heterocycles. The molecule has 0 saturated carbocycles. The molecule has 1 rings (SSSR count). The van der Waals surface area contributed by atoms with Crippen LogP contribution in [0, 0.1) is 0 Å². The van der Waals surface area contributed by atoms with Crippen LogP contribution in [0.25, 0.3) is 0 Å². The number of phenolic OH excluding ortho intramolecular Hbond substituents is 1. The summed E-state index contributed by atoms with van der Waals surface area (Å²) in [6, 6.07) is 1.20. The number of hydrogen-bond donors (Lipinski definition) is 4. The number of thioether (sulfide) groups is 1. The fourth-order valence-corrected chi connectivity index (χ4v) is 1.63. The molecular formula is C15H21F3N2O4S. The Hall–Kier alpha value is -1.94. The Labute approximate surface area is 147 Å². The van der Waals surface area contributed by atoms with Crippen molar-refractivity contribution in [3.8, 4) is 5.75 Å². The Bertz CT molecular complexity index is 580. The number of rotatable bonds is 6. The van der Waals surface area contributed by atoms with Gasteiger partial charge in [-0.2, -0.15) is 24.9 Å². The van der Waals surface area contributed by atoms with E-state index in [0.717, 1.165) is 12.1 Å². The zero-order valence-corrected chi connectivity index (χ0v) is 14.6. The molecule has 1 aromatic carbocycles. The molecule has 0 bridgehead atoms. The van der Waals surface area contributed by atoms with Crippen molar-refractivity contribution in [3.63, 3.8) is 0 Å². The van der Waals surface area contributed by atoms with Crippen LogP contribution >= 0.6 is 11.8 Å². The number of halogens is 3. The molecule has 0 heterocycles. The van der Waals surface area contributed by atoms with Crippen LogP contribution in [0.2, 0.25) is 0 Å². The van der Waals surface area contributed by atoms with E-state index < -0.39 is 42.0 Å². The Morgan fingerprint density at radius 3 is 2.32 bits per heavy atom. The molecule has 25 heavy (non-hydrogen) atoms. The molecule has 5 N–H and O–H groups in total. The van der Waals surface area contributed by atoms with Crippen LogP contribution in [0.1, 0.15) is 18.1 Å². The van der Waals surface area contributed by atoms with Crippen LogP contribution in [0.5, 0.6) is 5.75 Å². The number of aromatic hydroxyl groups is 1. The second-order valence-corrected chi connectivity index (χ2v) is 5.95. The minimum Gasteiger partial charge on any atom is -0.507 e. The third-order valence-electron chi connectivity index (χ3n) is 2.91. The smallest absolute Gasteiger partial charge is 0.419 e. The summed E-state index contributed by atoms with van der Waals surface area (Å²) in [4.78, 5) is 22.1. The number of carboxylic acids is 1. The average molecular weight is 382 g/mol. The highest BCUT2D eigenvalue weighted by molar-refractivity contribution is 7.98. The number of carboxylic acid groups (broad SMARTS) is 1. The second-order valence-electron chi connectivity index (χ2n) is 4.79. The standard InChI is InChI=1S/C12H13F3N2O4.C3H8S/c13-12(14,15)7-3-6(1-2-9(7)18)4-8(11(20)21)17-10(19)5-16;1-3-4-2/h1-3,8,18H,4-5,16H2,(H,17,19)(H,20,21);3H2,1-2H3. The summed E-state index contributed by atoms with van der Waals surface area (Å²) in [5.41, 5.74) is 3.76. The summed E-state index contributed by atoms with van der Waals surface area (Å²) < 4.78 is 37.9. The van der Waals surface area contributed by atoms with Crippen molar-refractivity contribution in [1.29, 1.82) is 0 Å². The largest absolute Gasteiger partial charge is 0.507 e. The van der Waals surface area contributed by atoms with Crippen molar-refractivity contribution in [1.82, 2.24) is 5.32 Å². The van der Waals surface area contributed by atoms with E-state index in [-0.39, 0.29) is 12.0 Å². The number of hydrogen-bond acceptors (Lipinski definition) is 5. The first-order valence-electron chi connectivity index (χ1n) is 7.17. The molecule has 1 atom stereocenters. The topological polar surface area (TPSA) is 113 Å². The van der Waals surface area contributed by atoms with E-state index in [1.807, 2.05) is 11.8 Å². The van der Waals surface area contributed by atoms with Gasteiger partial charge in [0.05, 0.1) is 12.1 Å². The average Bonchev–Trinajstić information content (AvgIpc) is 2.54. The molecule has 0 aliphatic carbocycles. The fraction of sp³-hybridized carbons (Fsp3) is 0.467. The van der Waals surface area contributed by atoms with E-state index in [2.05, 4.69) is 18.5 Å². The van der Waals surface area contributed by atoms with Gasteiger partial charge in [0.15, 0.2) is 0 Å². The summed E-state index contributed by atoms with van der Waals surface area (Å²) in [5, 5.41) is 20.2. The molecule has 0 aliphatic rings. The van der Waals surface area contributed by atoms with Gasteiger partial charge in [0.2, 0.25) is 5.91 Å². The van der Waals surface area contributed by atoms with E-state index in [1.165, 1.54) is 5.75 Å². The molecule has 0 radical (unpaired) electrons. The van der Waals surface area contributed by atoms with Crippen molar-refractivity contribution in [3.05, 3.63) is 29.3 Å². The number of carbonyl (C=O) groups is 2. The van der Waals surface area contributed by atoms with E-state index in [9.17, 15) is 27.9 Å². The lowest BCUT2D eigenvalue weighted by atomic mass is 10.0. The van der Waals surface area contributed by atoms with Gasteiger partial charge in [-0.15, -0.1) is 0 Å². The first-order valence-corrected chi connectivity index (χ1v) is 8.56. The number of amides is 1. The van der Waals surface area contributed by atoms with Gasteiger partial charge in [-0.25, -0.2) is 4.79 Å². The molecule has 1 amide bonds. The number of benzene rings is 1. The molecule has 10 heteroatoms.